The van der Waals surface area contributed by atoms with Gasteiger partial charge in [0.2, 0.25) is 5.89 Å². The summed E-state index contributed by atoms with van der Waals surface area (Å²) in [7, 11) is 0. The summed E-state index contributed by atoms with van der Waals surface area (Å²) in [5.74, 6) is 2.85. The van der Waals surface area contributed by atoms with Crippen molar-refractivity contribution in [1.29, 1.82) is 0 Å². The summed E-state index contributed by atoms with van der Waals surface area (Å²) in [5, 5.41) is 0. The van der Waals surface area contributed by atoms with Crippen molar-refractivity contribution >= 4 is 11.1 Å². The van der Waals surface area contributed by atoms with Gasteiger partial charge in [0.05, 0.1) is 0 Å². The van der Waals surface area contributed by atoms with E-state index in [1.165, 1.54) is 0 Å². The van der Waals surface area contributed by atoms with Gasteiger partial charge in [0.15, 0.2) is 5.58 Å². The fourth-order valence-corrected chi connectivity index (χ4v) is 3.27. The minimum Gasteiger partial charge on any atom is -0.492 e. The van der Waals surface area contributed by atoms with Crippen LogP contribution in [0.3, 0.4) is 0 Å². The van der Waals surface area contributed by atoms with Crippen LogP contribution < -0.4 is 4.74 Å². The van der Waals surface area contributed by atoms with Crippen LogP contribution in [0.2, 0.25) is 0 Å². The summed E-state index contributed by atoms with van der Waals surface area (Å²) < 4.78 is 11.8. The molecule has 4 heteroatoms. The number of para-hydroxylation sites is 2. The number of aromatic nitrogens is 1. The number of hydrogen-bond acceptors (Lipinski definition) is 4. The van der Waals surface area contributed by atoms with Gasteiger partial charge in [0.25, 0.3) is 0 Å². The molecule has 0 spiro atoms. The number of fused-ring (bicyclic) bond motifs is 1. The monoisotopic (exact) mass is 366 g/mol. The molecule has 3 aromatic rings. The molecule has 4 nitrogen and oxygen atoms in total. The van der Waals surface area contributed by atoms with Crippen molar-refractivity contribution in [2.45, 2.75) is 27.7 Å². The molecule has 0 unspecified atom stereocenters. The van der Waals surface area contributed by atoms with Crippen LogP contribution in [-0.4, -0.2) is 36.1 Å². The van der Waals surface area contributed by atoms with Gasteiger partial charge in [-0.3, -0.25) is 4.90 Å². The Hall–Kier alpha value is -2.33. The predicted molar refractivity (Wildman–Crippen MR) is 111 cm³/mol. The largest absolute Gasteiger partial charge is 0.492 e. The van der Waals surface area contributed by atoms with Crippen molar-refractivity contribution in [3.63, 3.8) is 0 Å². The Balaban J connectivity index is 1.57. The molecule has 27 heavy (non-hydrogen) atoms. The third-order valence-corrected chi connectivity index (χ3v) is 4.32. The van der Waals surface area contributed by atoms with Crippen molar-refractivity contribution < 1.29 is 9.15 Å². The number of benzene rings is 2. The molecule has 0 radical (unpaired) electrons. The first-order valence-corrected chi connectivity index (χ1v) is 9.82. The van der Waals surface area contributed by atoms with Crippen molar-refractivity contribution in [3.05, 3.63) is 48.5 Å². The SMILES string of the molecule is CC(C)CN(CCOc1ccc(-c2nc3ccccc3o2)cc1)CC(C)C. The second kappa shape index (κ2) is 9.05. The molecule has 0 saturated heterocycles. The second-order valence-corrected chi connectivity index (χ2v) is 7.91. The molecular weight excluding hydrogens is 336 g/mol. The van der Waals surface area contributed by atoms with Crippen molar-refractivity contribution in [1.82, 2.24) is 9.88 Å². The molecule has 2 aromatic carbocycles. The van der Waals surface area contributed by atoms with Crippen molar-refractivity contribution in [2.75, 3.05) is 26.2 Å². The second-order valence-electron chi connectivity index (χ2n) is 7.91. The minimum absolute atomic E-state index is 0.641. The predicted octanol–water partition coefficient (Wildman–Crippen LogP) is 5.49. The summed E-state index contributed by atoms with van der Waals surface area (Å²) in [5.41, 5.74) is 2.64. The summed E-state index contributed by atoms with van der Waals surface area (Å²) >= 11 is 0. The summed E-state index contributed by atoms with van der Waals surface area (Å²) in [6, 6.07) is 15.8. The van der Waals surface area contributed by atoms with Gasteiger partial charge in [0, 0.05) is 25.2 Å². The molecule has 0 fully saturated rings. The maximum Gasteiger partial charge on any atom is 0.227 e. The van der Waals surface area contributed by atoms with Crippen molar-refractivity contribution in [2.24, 2.45) is 11.8 Å². The van der Waals surface area contributed by atoms with Gasteiger partial charge in [0.1, 0.15) is 17.9 Å². The fourth-order valence-electron chi connectivity index (χ4n) is 3.27. The molecule has 0 amide bonds. The number of ether oxygens (including phenoxy) is 1. The third kappa shape index (κ3) is 5.57. The van der Waals surface area contributed by atoms with E-state index < -0.39 is 0 Å². The highest BCUT2D eigenvalue weighted by Gasteiger charge is 2.10. The van der Waals surface area contributed by atoms with Gasteiger partial charge < -0.3 is 9.15 Å². The topological polar surface area (TPSA) is 38.5 Å². The molecular formula is C23H30N2O2. The van der Waals surface area contributed by atoms with Gasteiger partial charge in [-0.05, 0) is 48.2 Å². The summed E-state index contributed by atoms with van der Waals surface area (Å²) in [6.07, 6.45) is 0. The van der Waals surface area contributed by atoms with Crippen LogP contribution in [0.15, 0.2) is 52.9 Å². The molecule has 0 atom stereocenters. The Labute approximate surface area is 162 Å². The number of hydrogen-bond donors (Lipinski definition) is 0. The maximum atomic E-state index is 5.96. The smallest absolute Gasteiger partial charge is 0.227 e. The highest BCUT2D eigenvalue weighted by Crippen LogP contribution is 2.25. The quantitative estimate of drug-likeness (QED) is 0.502. The Morgan fingerprint density at radius 1 is 0.926 bits per heavy atom. The standard InChI is InChI=1S/C23H30N2O2/c1-17(2)15-25(16-18(3)4)13-14-26-20-11-9-19(10-12-20)23-24-21-7-5-6-8-22(21)27-23/h5-12,17-18H,13-16H2,1-4H3. The molecule has 0 saturated carbocycles. The van der Waals surface area contributed by atoms with Gasteiger partial charge in [-0.15, -0.1) is 0 Å². The van der Waals surface area contributed by atoms with Crippen LogP contribution in [-0.2, 0) is 0 Å². The van der Waals surface area contributed by atoms with E-state index in [9.17, 15) is 0 Å². The van der Waals surface area contributed by atoms with Gasteiger partial charge in [-0.1, -0.05) is 39.8 Å². The molecule has 0 aliphatic carbocycles. The van der Waals surface area contributed by atoms with E-state index in [0.717, 1.165) is 42.0 Å². The minimum atomic E-state index is 0.641. The highest BCUT2D eigenvalue weighted by atomic mass is 16.5. The lowest BCUT2D eigenvalue weighted by Gasteiger charge is -2.26. The zero-order valence-electron chi connectivity index (χ0n) is 16.8. The highest BCUT2D eigenvalue weighted by molar-refractivity contribution is 5.76. The lowest BCUT2D eigenvalue weighted by atomic mass is 10.1. The van der Waals surface area contributed by atoms with Crippen LogP contribution in [0.5, 0.6) is 5.75 Å². The van der Waals surface area contributed by atoms with Gasteiger partial charge in [-0.2, -0.15) is 0 Å². The van der Waals surface area contributed by atoms with Crippen LogP contribution in [0.25, 0.3) is 22.6 Å². The lowest BCUT2D eigenvalue weighted by Crippen LogP contribution is -2.34. The van der Waals surface area contributed by atoms with Crippen LogP contribution >= 0.6 is 0 Å². The van der Waals surface area contributed by atoms with E-state index in [1.807, 2.05) is 48.5 Å². The first kappa shape index (κ1) is 19.4. The van der Waals surface area contributed by atoms with Crippen molar-refractivity contribution in [3.8, 4) is 17.2 Å². The first-order chi connectivity index (χ1) is 13.0. The van der Waals surface area contributed by atoms with E-state index in [1.54, 1.807) is 0 Å². The molecule has 3 rings (SSSR count). The molecule has 144 valence electrons. The van der Waals surface area contributed by atoms with Gasteiger partial charge in [-0.25, -0.2) is 4.98 Å². The van der Waals surface area contributed by atoms with E-state index in [2.05, 4.69) is 37.6 Å². The molecule has 0 N–H and O–H groups in total. The Bertz CT molecular complexity index is 794. The van der Waals surface area contributed by atoms with E-state index in [4.69, 9.17) is 9.15 Å². The maximum absolute atomic E-state index is 5.96. The number of nitrogens with zero attached hydrogens (tertiary/aromatic N) is 2. The van der Waals surface area contributed by atoms with Crippen LogP contribution in [0.1, 0.15) is 27.7 Å². The molecule has 0 bridgehead atoms. The third-order valence-electron chi connectivity index (χ3n) is 4.32. The zero-order valence-corrected chi connectivity index (χ0v) is 16.8. The zero-order chi connectivity index (χ0) is 19.2. The fraction of sp³-hybridized carbons (Fsp3) is 0.435. The Morgan fingerprint density at radius 2 is 1.59 bits per heavy atom. The van der Waals surface area contributed by atoms with Crippen LogP contribution in [0, 0.1) is 11.8 Å². The Kier molecular flexibility index (Phi) is 6.51. The van der Waals surface area contributed by atoms with Gasteiger partial charge >= 0.3 is 0 Å². The van der Waals surface area contributed by atoms with E-state index >= 15 is 0 Å². The Morgan fingerprint density at radius 3 is 2.22 bits per heavy atom. The molecule has 0 aliphatic heterocycles. The summed E-state index contributed by atoms with van der Waals surface area (Å²) in [6.45, 7) is 12.9. The number of rotatable bonds is 9. The van der Waals surface area contributed by atoms with E-state index in [-0.39, 0.29) is 0 Å². The summed E-state index contributed by atoms with van der Waals surface area (Å²) in [4.78, 5) is 7.03. The molecule has 1 heterocycles. The lowest BCUT2D eigenvalue weighted by molar-refractivity contribution is 0.177. The molecule has 1 aromatic heterocycles. The average molecular weight is 367 g/mol. The number of oxazole rings is 1. The average Bonchev–Trinajstić information content (AvgIpc) is 3.05. The van der Waals surface area contributed by atoms with Crippen LogP contribution in [0.4, 0.5) is 0 Å². The van der Waals surface area contributed by atoms with E-state index in [0.29, 0.717) is 24.3 Å². The normalized spacial score (nSPS) is 11.8. The first-order valence-electron chi connectivity index (χ1n) is 9.82. The molecule has 0 aliphatic rings.